The van der Waals surface area contributed by atoms with Gasteiger partial charge in [0.2, 0.25) is 0 Å². The van der Waals surface area contributed by atoms with E-state index in [9.17, 15) is 4.79 Å². The summed E-state index contributed by atoms with van der Waals surface area (Å²) >= 11 is 1.74. The van der Waals surface area contributed by atoms with Gasteiger partial charge < -0.3 is 15.0 Å². The zero-order valence-electron chi connectivity index (χ0n) is 14.1. The van der Waals surface area contributed by atoms with E-state index in [0.29, 0.717) is 0 Å². The fourth-order valence-electron chi connectivity index (χ4n) is 2.72. The second kappa shape index (κ2) is 7.47. The Morgan fingerprint density at radius 1 is 1.41 bits per heavy atom. The number of carbonyl (C=O) groups excluding carboxylic acids is 1. The van der Waals surface area contributed by atoms with Crippen LogP contribution in [0.2, 0.25) is 0 Å². The van der Waals surface area contributed by atoms with Crippen molar-refractivity contribution >= 4 is 17.4 Å². The minimum Gasteiger partial charge on any atom is -0.444 e. The minimum absolute atomic E-state index is 0.175. The molecule has 1 N–H and O–H groups in total. The highest BCUT2D eigenvalue weighted by molar-refractivity contribution is 7.08. The molecule has 0 saturated carbocycles. The van der Waals surface area contributed by atoms with E-state index in [4.69, 9.17) is 4.74 Å². The topological polar surface area (TPSA) is 41.6 Å². The highest BCUT2D eigenvalue weighted by Crippen LogP contribution is 2.20. The Kier molecular flexibility index (Phi) is 5.87. The Bertz CT molecular complexity index is 493. The van der Waals surface area contributed by atoms with Gasteiger partial charge in [-0.05, 0) is 68.8 Å². The lowest BCUT2D eigenvalue weighted by Gasteiger charge is -2.37. The first-order valence-corrected chi connectivity index (χ1v) is 9.03. The van der Waals surface area contributed by atoms with Crippen molar-refractivity contribution in [1.29, 1.82) is 0 Å². The van der Waals surface area contributed by atoms with Crippen molar-refractivity contribution in [2.45, 2.75) is 65.1 Å². The maximum atomic E-state index is 12.3. The molecule has 5 heteroatoms. The Hall–Kier alpha value is -1.07. The van der Waals surface area contributed by atoms with Crippen LogP contribution in [0.25, 0.3) is 0 Å². The zero-order chi connectivity index (χ0) is 16.2. The summed E-state index contributed by atoms with van der Waals surface area (Å²) in [6, 6.07) is 0.238. The highest BCUT2D eigenvalue weighted by atomic mass is 32.1. The van der Waals surface area contributed by atoms with Gasteiger partial charge in [0.25, 0.3) is 0 Å². The summed E-state index contributed by atoms with van der Waals surface area (Å²) in [5.41, 5.74) is 2.26. The standard InChI is InChI=1S/C17H28N2O2S/c1-13-11-22-12-14(13)9-18-10-15-7-5-6-8-19(15)16(20)21-17(2,3)4/h11-12,15,18H,5-10H2,1-4H3. The molecule has 0 aliphatic carbocycles. The molecule has 22 heavy (non-hydrogen) atoms. The molecule has 0 aromatic carbocycles. The third-order valence-electron chi connectivity index (χ3n) is 3.91. The monoisotopic (exact) mass is 324 g/mol. The van der Waals surface area contributed by atoms with Crippen LogP contribution in [0.5, 0.6) is 0 Å². The number of nitrogens with zero attached hydrogens (tertiary/aromatic N) is 1. The van der Waals surface area contributed by atoms with Crippen LogP contribution in [-0.4, -0.2) is 35.7 Å². The van der Waals surface area contributed by atoms with Gasteiger partial charge in [0.15, 0.2) is 0 Å². The van der Waals surface area contributed by atoms with Gasteiger partial charge in [0.1, 0.15) is 5.60 Å². The lowest BCUT2D eigenvalue weighted by atomic mass is 10.0. The maximum Gasteiger partial charge on any atom is 0.410 e. The highest BCUT2D eigenvalue weighted by Gasteiger charge is 2.30. The molecule has 2 heterocycles. The number of likely N-dealkylation sites (tertiary alicyclic amines) is 1. The van der Waals surface area contributed by atoms with Crippen LogP contribution in [0.15, 0.2) is 10.8 Å². The zero-order valence-corrected chi connectivity index (χ0v) is 15.0. The Morgan fingerprint density at radius 3 is 2.82 bits per heavy atom. The largest absolute Gasteiger partial charge is 0.444 e. The van der Waals surface area contributed by atoms with Gasteiger partial charge in [-0.1, -0.05) is 0 Å². The molecule has 124 valence electrons. The number of nitrogens with one attached hydrogen (secondary N) is 1. The van der Waals surface area contributed by atoms with Crippen LogP contribution in [-0.2, 0) is 11.3 Å². The van der Waals surface area contributed by atoms with Gasteiger partial charge in [-0.2, -0.15) is 11.3 Å². The Morgan fingerprint density at radius 2 is 2.18 bits per heavy atom. The van der Waals surface area contributed by atoms with Gasteiger partial charge >= 0.3 is 6.09 Å². The Balaban J connectivity index is 1.87. The Labute approximate surface area is 137 Å². The van der Waals surface area contributed by atoms with Crippen molar-refractivity contribution < 1.29 is 9.53 Å². The van der Waals surface area contributed by atoms with Crippen molar-refractivity contribution in [2.75, 3.05) is 13.1 Å². The summed E-state index contributed by atoms with van der Waals surface area (Å²) in [5, 5.41) is 7.86. The van der Waals surface area contributed by atoms with E-state index < -0.39 is 5.60 Å². The summed E-state index contributed by atoms with van der Waals surface area (Å²) in [4.78, 5) is 14.3. The van der Waals surface area contributed by atoms with E-state index >= 15 is 0 Å². The van der Waals surface area contributed by atoms with Crippen molar-refractivity contribution in [2.24, 2.45) is 0 Å². The molecule has 4 nitrogen and oxygen atoms in total. The van der Waals surface area contributed by atoms with E-state index in [0.717, 1.165) is 32.5 Å². The second-order valence-corrected chi connectivity index (χ2v) is 7.78. The van der Waals surface area contributed by atoms with Crippen LogP contribution in [0, 0.1) is 6.92 Å². The molecule has 1 aromatic heterocycles. The number of carbonyl (C=O) groups is 1. The molecule has 1 aliphatic rings. The number of aryl methyl sites for hydroxylation is 1. The predicted octanol–water partition coefficient (Wildman–Crippen LogP) is 3.94. The molecule has 2 rings (SSSR count). The van der Waals surface area contributed by atoms with Crippen LogP contribution in [0.3, 0.4) is 0 Å². The van der Waals surface area contributed by atoms with Crippen molar-refractivity contribution in [3.05, 3.63) is 21.9 Å². The van der Waals surface area contributed by atoms with E-state index in [1.807, 2.05) is 25.7 Å². The maximum absolute atomic E-state index is 12.3. The first-order chi connectivity index (χ1) is 10.4. The number of hydrogen-bond donors (Lipinski definition) is 1. The molecular formula is C17H28N2O2S. The summed E-state index contributed by atoms with van der Waals surface area (Å²) < 4.78 is 5.54. The third kappa shape index (κ3) is 4.99. The van der Waals surface area contributed by atoms with Crippen molar-refractivity contribution in [3.63, 3.8) is 0 Å². The lowest BCUT2D eigenvalue weighted by Crippen LogP contribution is -2.50. The molecule has 1 atom stereocenters. The quantitative estimate of drug-likeness (QED) is 0.912. The average molecular weight is 324 g/mol. The number of ether oxygens (including phenoxy) is 1. The van der Waals surface area contributed by atoms with Crippen LogP contribution < -0.4 is 5.32 Å². The number of hydrogen-bond acceptors (Lipinski definition) is 4. The van der Waals surface area contributed by atoms with Gasteiger partial charge in [0, 0.05) is 25.7 Å². The predicted molar refractivity (Wildman–Crippen MR) is 91.3 cm³/mol. The number of amides is 1. The number of rotatable bonds is 4. The number of piperidine rings is 1. The molecule has 0 spiro atoms. The SMILES string of the molecule is Cc1cscc1CNCC1CCCCN1C(=O)OC(C)(C)C. The third-order valence-corrected chi connectivity index (χ3v) is 4.82. The smallest absolute Gasteiger partial charge is 0.410 e. The normalized spacial score (nSPS) is 19.3. The molecule has 0 bridgehead atoms. The second-order valence-electron chi connectivity index (χ2n) is 7.03. The van der Waals surface area contributed by atoms with Crippen molar-refractivity contribution in [3.8, 4) is 0 Å². The van der Waals surface area contributed by atoms with Crippen LogP contribution >= 0.6 is 11.3 Å². The molecule has 1 amide bonds. The summed E-state index contributed by atoms with van der Waals surface area (Å²) in [5.74, 6) is 0. The minimum atomic E-state index is -0.430. The van der Waals surface area contributed by atoms with Crippen LogP contribution in [0.4, 0.5) is 4.79 Å². The molecule has 1 fully saturated rings. The van der Waals surface area contributed by atoms with Gasteiger partial charge in [0.05, 0.1) is 0 Å². The van der Waals surface area contributed by atoms with Gasteiger partial charge in [-0.25, -0.2) is 4.79 Å². The first kappa shape index (κ1) is 17.3. The fraction of sp³-hybridized carbons (Fsp3) is 0.706. The van der Waals surface area contributed by atoms with Gasteiger partial charge in [-0.3, -0.25) is 0 Å². The van der Waals surface area contributed by atoms with E-state index in [-0.39, 0.29) is 12.1 Å². The molecule has 0 radical (unpaired) electrons. The molecule has 1 saturated heterocycles. The fourth-order valence-corrected chi connectivity index (χ4v) is 3.57. The van der Waals surface area contributed by atoms with Crippen LogP contribution in [0.1, 0.15) is 51.2 Å². The number of thiophene rings is 1. The molecule has 1 aliphatic heterocycles. The van der Waals surface area contributed by atoms with E-state index in [2.05, 4.69) is 23.0 Å². The average Bonchev–Trinajstić information content (AvgIpc) is 2.83. The summed E-state index contributed by atoms with van der Waals surface area (Å²) in [6.07, 6.45) is 3.13. The van der Waals surface area contributed by atoms with Crippen molar-refractivity contribution in [1.82, 2.24) is 10.2 Å². The van der Waals surface area contributed by atoms with E-state index in [1.54, 1.807) is 11.3 Å². The summed E-state index contributed by atoms with van der Waals surface area (Å²) in [7, 11) is 0. The first-order valence-electron chi connectivity index (χ1n) is 8.09. The molecule has 1 unspecified atom stereocenters. The lowest BCUT2D eigenvalue weighted by molar-refractivity contribution is 0.00993. The van der Waals surface area contributed by atoms with E-state index in [1.165, 1.54) is 17.5 Å². The molecular weight excluding hydrogens is 296 g/mol. The van der Waals surface area contributed by atoms with Gasteiger partial charge in [-0.15, -0.1) is 0 Å². The molecule has 1 aromatic rings. The summed E-state index contributed by atoms with van der Waals surface area (Å²) in [6.45, 7) is 10.4.